The summed E-state index contributed by atoms with van der Waals surface area (Å²) in [5.74, 6) is 0. The maximum atomic E-state index is 11.3. The molecule has 0 aliphatic heterocycles. The first kappa shape index (κ1) is 7.78. The average Bonchev–Trinajstić information content (AvgIpc) is 2.29. The van der Waals surface area contributed by atoms with Gasteiger partial charge in [0.2, 0.25) is 0 Å². The van der Waals surface area contributed by atoms with Gasteiger partial charge in [-0.3, -0.25) is 9.48 Å². The van der Waals surface area contributed by atoms with Crippen molar-refractivity contribution in [2.45, 2.75) is 0 Å². The number of fused-ring (bicyclic) bond motifs is 1. The van der Waals surface area contributed by atoms with Crippen LogP contribution in [0.5, 0.6) is 0 Å². The first-order valence-corrected chi connectivity index (χ1v) is 4.48. The molecule has 0 radical (unpaired) electrons. The van der Waals surface area contributed by atoms with Crippen molar-refractivity contribution in [1.82, 2.24) is 14.8 Å². The van der Waals surface area contributed by atoms with Gasteiger partial charge in [0, 0.05) is 13.2 Å². The molecule has 2 aromatic rings. The standard InChI is InChI=1S/C7H6IN3O/c1-11-4-2-3-9-7(12)5(4)6(8)10-11/h2-3H,1H3,(H,9,12). The van der Waals surface area contributed by atoms with Crippen molar-refractivity contribution in [3.8, 4) is 0 Å². The van der Waals surface area contributed by atoms with E-state index < -0.39 is 0 Å². The lowest BCUT2D eigenvalue weighted by molar-refractivity contribution is 0.787. The number of rotatable bonds is 0. The first-order valence-electron chi connectivity index (χ1n) is 3.40. The van der Waals surface area contributed by atoms with E-state index in [1.165, 1.54) is 0 Å². The van der Waals surface area contributed by atoms with Gasteiger partial charge in [-0.05, 0) is 28.7 Å². The summed E-state index contributed by atoms with van der Waals surface area (Å²) in [5, 5.41) is 4.80. The van der Waals surface area contributed by atoms with Gasteiger partial charge in [0.1, 0.15) is 3.70 Å². The summed E-state index contributed by atoms with van der Waals surface area (Å²) in [6.45, 7) is 0. The Hall–Kier alpha value is -0.850. The highest BCUT2D eigenvalue weighted by atomic mass is 127. The minimum absolute atomic E-state index is 0.0787. The van der Waals surface area contributed by atoms with E-state index in [4.69, 9.17) is 0 Å². The fraction of sp³-hybridized carbons (Fsp3) is 0.143. The number of halogens is 1. The Morgan fingerprint density at radius 2 is 2.42 bits per heavy atom. The molecule has 0 aliphatic carbocycles. The lowest BCUT2D eigenvalue weighted by atomic mass is 10.3. The molecule has 5 heteroatoms. The normalized spacial score (nSPS) is 10.8. The highest BCUT2D eigenvalue weighted by molar-refractivity contribution is 14.1. The third-order valence-corrected chi connectivity index (χ3v) is 2.49. The zero-order valence-electron chi connectivity index (χ0n) is 6.34. The molecule has 4 nitrogen and oxygen atoms in total. The molecule has 0 spiro atoms. The zero-order chi connectivity index (χ0) is 8.72. The third kappa shape index (κ3) is 0.961. The topological polar surface area (TPSA) is 50.7 Å². The Morgan fingerprint density at radius 1 is 1.67 bits per heavy atom. The van der Waals surface area contributed by atoms with Crippen LogP contribution in [0.2, 0.25) is 0 Å². The van der Waals surface area contributed by atoms with Crippen LogP contribution in [-0.4, -0.2) is 14.8 Å². The number of nitrogens with zero attached hydrogens (tertiary/aromatic N) is 2. The van der Waals surface area contributed by atoms with E-state index in [0.717, 1.165) is 9.22 Å². The predicted molar refractivity (Wildman–Crippen MR) is 54.1 cm³/mol. The van der Waals surface area contributed by atoms with Crippen LogP contribution in [0.1, 0.15) is 0 Å². The van der Waals surface area contributed by atoms with Gasteiger partial charge >= 0.3 is 0 Å². The zero-order valence-corrected chi connectivity index (χ0v) is 8.49. The Kier molecular flexibility index (Phi) is 1.67. The van der Waals surface area contributed by atoms with Crippen molar-refractivity contribution in [2.24, 2.45) is 7.05 Å². The second-order valence-corrected chi connectivity index (χ2v) is 3.50. The molecule has 2 rings (SSSR count). The molecule has 2 heterocycles. The molecule has 0 bridgehead atoms. The highest BCUT2D eigenvalue weighted by Gasteiger charge is 2.07. The largest absolute Gasteiger partial charge is 0.328 e. The molecule has 0 aromatic carbocycles. The van der Waals surface area contributed by atoms with Crippen LogP contribution in [0.25, 0.3) is 10.9 Å². The molecular formula is C7H6IN3O. The second-order valence-electron chi connectivity index (χ2n) is 2.48. The number of hydrogen-bond acceptors (Lipinski definition) is 2. The number of hydrogen-bond donors (Lipinski definition) is 1. The fourth-order valence-corrected chi connectivity index (χ4v) is 2.02. The van der Waals surface area contributed by atoms with Crippen molar-refractivity contribution in [1.29, 1.82) is 0 Å². The maximum absolute atomic E-state index is 11.3. The van der Waals surface area contributed by atoms with E-state index in [1.54, 1.807) is 10.9 Å². The van der Waals surface area contributed by atoms with Gasteiger partial charge in [-0.15, -0.1) is 0 Å². The van der Waals surface area contributed by atoms with Crippen molar-refractivity contribution < 1.29 is 0 Å². The minimum atomic E-state index is -0.0787. The van der Waals surface area contributed by atoms with Gasteiger partial charge in [0.15, 0.2) is 0 Å². The fourth-order valence-electron chi connectivity index (χ4n) is 1.17. The molecule has 2 aromatic heterocycles. The van der Waals surface area contributed by atoms with E-state index in [2.05, 4.69) is 32.7 Å². The van der Waals surface area contributed by atoms with Crippen molar-refractivity contribution in [3.63, 3.8) is 0 Å². The van der Waals surface area contributed by atoms with Gasteiger partial charge in [-0.25, -0.2) is 0 Å². The quantitative estimate of drug-likeness (QED) is 0.725. The van der Waals surface area contributed by atoms with E-state index in [-0.39, 0.29) is 5.56 Å². The monoisotopic (exact) mass is 275 g/mol. The van der Waals surface area contributed by atoms with E-state index in [9.17, 15) is 4.79 Å². The van der Waals surface area contributed by atoms with Crippen LogP contribution < -0.4 is 5.56 Å². The summed E-state index contributed by atoms with van der Waals surface area (Å²) in [6, 6.07) is 1.84. The van der Waals surface area contributed by atoms with E-state index >= 15 is 0 Å². The Balaban J connectivity index is 3.09. The summed E-state index contributed by atoms with van der Waals surface area (Å²) in [6.07, 6.45) is 1.63. The van der Waals surface area contributed by atoms with Crippen LogP contribution in [0.15, 0.2) is 17.1 Å². The average molecular weight is 275 g/mol. The minimum Gasteiger partial charge on any atom is -0.328 e. The first-order chi connectivity index (χ1) is 5.70. The van der Waals surface area contributed by atoms with Crippen LogP contribution in [0.3, 0.4) is 0 Å². The molecular weight excluding hydrogens is 269 g/mol. The second kappa shape index (κ2) is 2.58. The van der Waals surface area contributed by atoms with Gasteiger partial charge in [0.05, 0.1) is 10.9 Å². The van der Waals surface area contributed by atoms with Gasteiger partial charge in [-0.1, -0.05) is 0 Å². The molecule has 0 saturated heterocycles. The van der Waals surface area contributed by atoms with Crippen LogP contribution in [-0.2, 0) is 7.05 Å². The van der Waals surface area contributed by atoms with Crippen molar-refractivity contribution in [2.75, 3.05) is 0 Å². The van der Waals surface area contributed by atoms with Gasteiger partial charge in [0.25, 0.3) is 5.56 Å². The Morgan fingerprint density at radius 3 is 3.08 bits per heavy atom. The highest BCUT2D eigenvalue weighted by Crippen LogP contribution is 2.13. The summed E-state index contributed by atoms with van der Waals surface area (Å²) in [7, 11) is 1.82. The van der Waals surface area contributed by atoms with Crippen LogP contribution in [0, 0.1) is 3.70 Å². The van der Waals surface area contributed by atoms with Crippen LogP contribution >= 0.6 is 22.6 Å². The van der Waals surface area contributed by atoms with Crippen LogP contribution in [0.4, 0.5) is 0 Å². The van der Waals surface area contributed by atoms with Crippen molar-refractivity contribution >= 4 is 33.5 Å². The number of nitrogens with one attached hydrogen (secondary N) is 1. The van der Waals surface area contributed by atoms with E-state index in [1.807, 2.05) is 13.1 Å². The van der Waals surface area contributed by atoms with Gasteiger partial charge < -0.3 is 4.98 Å². The molecule has 1 N–H and O–H groups in total. The number of aromatic nitrogens is 3. The summed E-state index contributed by atoms with van der Waals surface area (Å²) >= 11 is 2.05. The number of H-pyrrole nitrogens is 1. The molecule has 0 saturated carbocycles. The predicted octanol–water partition coefficient (Wildman–Crippen LogP) is 0.866. The Bertz CT molecular complexity index is 485. The number of aromatic amines is 1. The van der Waals surface area contributed by atoms with E-state index in [0.29, 0.717) is 5.39 Å². The van der Waals surface area contributed by atoms with Gasteiger partial charge in [-0.2, -0.15) is 5.10 Å². The summed E-state index contributed by atoms with van der Waals surface area (Å²) < 4.78 is 2.44. The number of pyridine rings is 1. The Labute approximate surface area is 81.7 Å². The molecule has 12 heavy (non-hydrogen) atoms. The third-order valence-electron chi connectivity index (χ3n) is 1.73. The molecule has 0 atom stereocenters. The lowest BCUT2D eigenvalue weighted by Gasteiger charge is -1.89. The number of aryl methyl sites for hydroxylation is 1. The smallest absolute Gasteiger partial charge is 0.260 e. The molecule has 0 fully saturated rings. The molecule has 62 valence electrons. The summed E-state index contributed by atoms with van der Waals surface area (Å²) in [4.78, 5) is 13.9. The lowest BCUT2D eigenvalue weighted by Crippen LogP contribution is -2.04. The SMILES string of the molecule is Cn1nc(I)c2c(=O)[nH]ccc21. The maximum Gasteiger partial charge on any atom is 0.260 e. The summed E-state index contributed by atoms with van der Waals surface area (Å²) in [5.41, 5.74) is 0.785. The molecule has 0 amide bonds. The molecule has 0 unspecified atom stereocenters. The van der Waals surface area contributed by atoms with Crippen molar-refractivity contribution in [3.05, 3.63) is 26.3 Å². The molecule has 0 aliphatic rings.